The fourth-order valence-corrected chi connectivity index (χ4v) is 3.19. The third-order valence-corrected chi connectivity index (χ3v) is 4.80. The first-order valence-electron chi connectivity index (χ1n) is 9.08. The molecule has 0 saturated carbocycles. The molecule has 1 aliphatic heterocycles. The number of methoxy groups -OCH3 is 1. The van der Waals surface area contributed by atoms with Gasteiger partial charge in [-0.25, -0.2) is 23.5 Å². The first kappa shape index (κ1) is 21.4. The fraction of sp³-hybridized carbons (Fsp3) is 0.350. The third-order valence-electron chi connectivity index (χ3n) is 4.80. The van der Waals surface area contributed by atoms with Gasteiger partial charge in [0.25, 0.3) is 5.91 Å². The number of imide groups is 1. The van der Waals surface area contributed by atoms with Crippen molar-refractivity contribution in [3.8, 4) is 11.6 Å². The molecule has 7 nitrogen and oxygen atoms in total. The predicted octanol–water partition coefficient (Wildman–Crippen LogP) is 3.65. The minimum absolute atomic E-state index is 0.0284. The number of anilines is 1. The van der Waals surface area contributed by atoms with Crippen molar-refractivity contribution in [1.29, 1.82) is 0 Å². The molecule has 0 radical (unpaired) electrons. The summed E-state index contributed by atoms with van der Waals surface area (Å²) in [4.78, 5) is 31.6. The molecule has 3 rings (SSSR count). The quantitative estimate of drug-likeness (QED) is 0.524. The van der Waals surface area contributed by atoms with Crippen LogP contribution in [0.4, 0.5) is 23.7 Å². The van der Waals surface area contributed by atoms with E-state index >= 15 is 0 Å². The minimum Gasteiger partial charge on any atom is -0.491 e. The molecular weight excluding hydrogens is 403 g/mol. The maximum absolute atomic E-state index is 14.6. The van der Waals surface area contributed by atoms with Gasteiger partial charge in [-0.15, -0.1) is 0 Å². The van der Waals surface area contributed by atoms with Gasteiger partial charge in [0, 0.05) is 24.9 Å². The van der Waals surface area contributed by atoms with Crippen molar-refractivity contribution in [1.82, 2.24) is 9.88 Å². The first-order chi connectivity index (χ1) is 14.1. The zero-order valence-corrected chi connectivity index (χ0v) is 16.8. The number of pyridine rings is 1. The normalized spacial score (nSPS) is 15.7. The van der Waals surface area contributed by atoms with Crippen molar-refractivity contribution in [2.45, 2.75) is 32.9 Å². The molecule has 10 heteroatoms. The number of urea groups is 1. The van der Waals surface area contributed by atoms with Gasteiger partial charge in [0.15, 0.2) is 17.4 Å². The van der Waals surface area contributed by atoms with Crippen LogP contribution < -0.4 is 14.4 Å². The van der Waals surface area contributed by atoms with Gasteiger partial charge >= 0.3 is 6.03 Å². The van der Waals surface area contributed by atoms with E-state index in [4.69, 9.17) is 4.74 Å². The van der Waals surface area contributed by atoms with Crippen LogP contribution in [0.25, 0.3) is 0 Å². The zero-order chi connectivity index (χ0) is 22.2. The maximum Gasteiger partial charge on any atom is 0.332 e. The van der Waals surface area contributed by atoms with Crippen LogP contribution in [0.15, 0.2) is 24.4 Å². The zero-order valence-electron chi connectivity index (χ0n) is 16.8. The number of aromatic nitrogens is 1. The van der Waals surface area contributed by atoms with Crippen LogP contribution in [-0.4, -0.2) is 41.1 Å². The number of ether oxygens (including phenoxy) is 2. The topological polar surface area (TPSA) is 72.0 Å². The van der Waals surface area contributed by atoms with Crippen molar-refractivity contribution < 1.29 is 32.2 Å². The van der Waals surface area contributed by atoms with Crippen LogP contribution in [0.3, 0.4) is 0 Å². The molecule has 30 heavy (non-hydrogen) atoms. The molecule has 2 aromatic rings. The largest absolute Gasteiger partial charge is 0.491 e. The van der Waals surface area contributed by atoms with Gasteiger partial charge in [-0.1, -0.05) is 0 Å². The smallest absolute Gasteiger partial charge is 0.332 e. The first-order valence-corrected chi connectivity index (χ1v) is 9.08. The van der Waals surface area contributed by atoms with Crippen LogP contribution in [0.5, 0.6) is 11.6 Å². The number of amides is 3. The van der Waals surface area contributed by atoms with Crippen molar-refractivity contribution in [2.24, 2.45) is 0 Å². The van der Waals surface area contributed by atoms with Gasteiger partial charge in [-0.3, -0.25) is 4.79 Å². The second kappa shape index (κ2) is 7.85. The molecule has 1 aromatic carbocycles. The molecule has 1 aromatic heterocycles. The van der Waals surface area contributed by atoms with E-state index in [0.29, 0.717) is 29.0 Å². The molecule has 0 aliphatic carbocycles. The third kappa shape index (κ3) is 3.42. The van der Waals surface area contributed by atoms with Crippen molar-refractivity contribution >= 4 is 17.6 Å². The molecule has 2 heterocycles. The van der Waals surface area contributed by atoms with Crippen molar-refractivity contribution in [3.05, 3.63) is 47.4 Å². The van der Waals surface area contributed by atoms with E-state index in [0.717, 1.165) is 7.11 Å². The highest BCUT2D eigenvalue weighted by Crippen LogP contribution is 2.38. The van der Waals surface area contributed by atoms with E-state index in [9.17, 15) is 22.8 Å². The highest BCUT2D eigenvalue weighted by molar-refractivity contribution is 6.23. The predicted molar refractivity (Wildman–Crippen MR) is 101 cm³/mol. The Bertz CT molecular complexity index is 1010. The van der Waals surface area contributed by atoms with E-state index in [-0.39, 0.29) is 6.54 Å². The van der Waals surface area contributed by atoms with Crippen LogP contribution in [-0.2, 0) is 11.3 Å². The number of carbonyl (C=O) groups excluding carboxylic acids is 2. The summed E-state index contributed by atoms with van der Waals surface area (Å²) in [6.45, 7) is 5.09. The summed E-state index contributed by atoms with van der Waals surface area (Å²) < 4.78 is 52.7. The lowest BCUT2D eigenvalue weighted by Gasteiger charge is -2.27. The summed E-state index contributed by atoms with van der Waals surface area (Å²) in [7, 11) is 0.975. The molecule has 0 atom stereocenters. The Morgan fingerprint density at radius 2 is 1.83 bits per heavy atom. The standard InChI is InChI=1S/C20H20F3N3O4/c1-5-30-14-8-11(6-7-24-14)10-25-19(28)26(18(27)20(25,2)3)13-9-12(21)17(29-4)16(23)15(13)22/h6-9H,5,10H2,1-4H3. The average Bonchev–Trinajstić information content (AvgIpc) is 2.86. The Balaban J connectivity index is 2.00. The lowest BCUT2D eigenvalue weighted by atomic mass is 10.0. The van der Waals surface area contributed by atoms with E-state index in [1.807, 2.05) is 0 Å². The molecule has 1 fully saturated rings. The number of hydrogen-bond acceptors (Lipinski definition) is 5. The molecule has 160 valence electrons. The molecular formula is C20H20F3N3O4. The summed E-state index contributed by atoms with van der Waals surface area (Å²) >= 11 is 0. The van der Waals surface area contributed by atoms with Crippen LogP contribution in [0.1, 0.15) is 26.3 Å². The van der Waals surface area contributed by atoms with E-state index in [1.165, 1.54) is 24.9 Å². The molecule has 1 saturated heterocycles. The minimum atomic E-state index is -1.63. The van der Waals surface area contributed by atoms with Crippen LogP contribution in [0.2, 0.25) is 0 Å². The number of carbonyl (C=O) groups is 2. The molecule has 0 N–H and O–H groups in total. The van der Waals surface area contributed by atoms with Gasteiger partial charge in [0.2, 0.25) is 11.7 Å². The fourth-order valence-electron chi connectivity index (χ4n) is 3.19. The highest BCUT2D eigenvalue weighted by Gasteiger charge is 2.52. The number of benzene rings is 1. The lowest BCUT2D eigenvalue weighted by molar-refractivity contribution is -0.123. The van der Waals surface area contributed by atoms with Crippen molar-refractivity contribution in [3.63, 3.8) is 0 Å². The van der Waals surface area contributed by atoms with E-state index in [1.54, 1.807) is 19.1 Å². The van der Waals surface area contributed by atoms with Gasteiger partial charge < -0.3 is 14.4 Å². The van der Waals surface area contributed by atoms with Crippen LogP contribution in [0, 0.1) is 17.5 Å². The number of nitrogens with zero attached hydrogens (tertiary/aromatic N) is 3. The van der Waals surface area contributed by atoms with Crippen LogP contribution >= 0.6 is 0 Å². The van der Waals surface area contributed by atoms with Gasteiger partial charge in [-0.05, 0) is 32.4 Å². The Morgan fingerprint density at radius 1 is 1.13 bits per heavy atom. The van der Waals surface area contributed by atoms with E-state index < -0.39 is 46.4 Å². The highest BCUT2D eigenvalue weighted by atomic mass is 19.2. The summed E-state index contributed by atoms with van der Waals surface area (Å²) in [6, 6.07) is 2.88. The SMILES string of the molecule is CCOc1cc(CN2C(=O)N(c3cc(F)c(OC)c(F)c3F)C(=O)C2(C)C)ccn1. The molecule has 0 bridgehead atoms. The Labute approximate surface area is 171 Å². The Kier molecular flexibility index (Phi) is 5.60. The average molecular weight is 423 g/mol. The van der Waals surface area contributed by atoms with E-state index in [2.05, 4.69) is 9.72 Å². The second-order valence-corrected chi connectivity index (χ2v) is 7.04. The van der Waals surface area contributed by atoms with Gasteiger partial charge in [-0.2, -0.15) is 4.39 Å². The summed E-state index contributed by atoms with van der Waals surface area (Å²) in [5.74, 6) is -5.84. The Hall–Kier alpha value is -3.30. The number of rotatable bonds is 6. The lowest BCUT2D eigenvalue weighted by Crippen LogP contribution is -2.43. The summed E-state index contributed by atoms with van der Waals surface area (Å²) in [5.41, 5.74) is -1.61. The summed E-state index contributed by atoms with van der Waals surface area (Å²) in [5, 5.41) is 0. The van der Waals surface area contributed by atoms with Crippen molar-refractivity contribution in [2.75, 3.05) is 18.6 Å². The van der Waals surface area contributed by atoms with Gasteiger partial charge in [0.05, 0.1) is 19.4 Å². The Morgan fingerprint density at radius 3 is 2.47 bits per heavy atom. The monoisotopic (exact) mass is 423 g/mol. The molecule has 3 amide bonds. The number of hydrogen-bond donors (Lipinski definition) is 0. The summed E-state index contributed by atoms with van der Waals surface area (Å²) in [6.07, 6.45) is 1.49. The maximum atomic E-state index is 14.6. The van der Waals surface area contributed by atoms with Gasteiger partial charge in [0.1, 0.15) is 5.54 Å². The second-order valence-electron chi connectivity index (χ2n) is 7.04. The molecule has 1 aliphatic rings. The molecule has 0 spiro atoms. The molecule has 0 unspecified atom stereocenters. The number of halogens is 3.